The molecule has 0 aliphatic heterocycles. The molecule has 0 atom stereocenters. The summed E-state index contributed by atoms with van der Waals surface area (Å²) in [7, 11) is 0. The molecule has 0 N–H and O–H groups in total. The Morgan fingerprint density at radius 1 is 0.519 bits per heavy atom. The van der Waals surface area contributed by atoms with Gasteiger partial charge in [0.15, 0.2) is 12.1 Å². The molecule has 8 rings (SSSR count). The number of ketones is 1. The molecule has 1 aliphatic rings. The van der Waals surface area contributed by atoms with E-state index in [1.165, 1.54) is 0 Å². The summed E-state index contributed by atoms with van der Waals surface area (Å²) < 4.78 is 5.31. The molecule has 0 heterocycles. The van der Waals surface area contributed by atoms with Crippen LogP contribution in [0.3, 0.4) is 0 Å². The molecular formula is C46H34O6. The summed E-state index contributed by atoms with van der Waals surface area (Å²) in [6, 6.07) is 49.4. The van der Waals surface area contributed by atoms with Gasteiger partial charge in [-0.2, -0.15) is 0 Å². The van der Waals surface area contributed by atoms with Crippen molar-refractivity contribution in [3.63, 3.8) is 0 Å². The zero-order valence-electron chi connectivity index (χ0n) is 28.2. The second-order valence-corrected chi connectivity index (χ2v) is 11.0. The second kappa shape index (κ2) is 19.7. The first-order valence-corrected chi connectivity index (χ1v) is 16.1. The van der Waals surface area contributed by atoms with Gasteiger partial charge in [0.2, 0.25) is 0 Å². The van der Waals surface area contributed by atoms with Gasteiger partial charge in [0.25, 0.3) is 0 Å². The number of benzene rings is 7. The summed E-state index contributed by atoms with van der Waals surface area (Å²) >= 11 is 0. The van der Waals surface area contributed by atoms with Gasteiger partial charge in [-0.05, 0) is 50.9 Å². The Kier molecular flexibility index (Phi) is 14.2. The fraction of sp³-hybridized carbons (Fsp3) is 0.0217. The topological polar surface area (TPSA) is 94.6 Å². The summed E-state index contributed by atoms with van der Waals surface area (Å²) in [5.74, 6) is 3.30. The molecule has 6 nitrogen and oxygen atoms in total. The number of carbonyl (C=O) groups excluding carboxylic acids is 5. The standard InChI is InChI=1S/C14H10O2.C13H8O.C11H8O.C7H6O.CH2O/c1-2-7-16-14-6-5-12-8-11(10-15)3-4-13(12)9-14;14-13-11-7-3-1-5-9(11)10-6-2-4-8-12(10)13;12-8-10-6-3-5-9-4-1-2-7-11(9)10;8-6-7-4-2-1-3-5-7;1-2/h1,3-6,8-10H,7H2;1-8H;1-8H;1-6H;1H2. The molecule has 0 saturated heterocycles. The van der Waals surface area contributed by atoms with Crippen molar-refractivity contribution >= 4 is 53.0 Å². The van der Waals surface area contributed by atoms with Crippen LogP contribution in [-0.2, 0) is 4.79 Å². The number of hydrogen-bond donors (Lipinski definition) is 0. The molecule has 0 saturated carbocycles. The zero-order valence-corrected chi connectivity index (χ0v) is 28.2. The summed E-state index contributed by atoms with van der Waals surface area (Å²) in [5.41, 5.74) is 5.94. The molecule has 7 aromatic rings. The van der Waals surface area contributed by atoms with E-state index in [-0.39, 0.29) is 12.4 Å². The van der Waals surface area contributed by atoms with E-state index in [9.17, 15) is 19.2 Å². The minimum Gasteiger partial charge on any atom is -0.481 e. The molecule has 0 radical (unpaired) electrons. The maximum atomic E-state index is 11.9. The van der Waals surface area contributed by atoms with Gasteiger partial charge >= 0.3 is 0 Å². The van der Waals surface area contributed by atoms with Crippen LogP contribution in [0.1, 0.15) is 47.0 Å². The van der Waals surface area contributed by atoms with Gasteiger partial charge in [-0.1, -0.05) is 145 Å². The number of rotatable bonds is 5. The molecule has 7 aromatic carbocycles. The Balaban J connectivity index is 0.000000156. The van der Waals surface area contributed by atoms with Crippen LogP contribution in [0.25, 0.3) is 32.7 Å². The van der Waals surface area contributed by atoms with Crippen molar-refractivity contribution in [2.45, 2.75) is 0 Å². The molecule has 0 spiro atoms. The molecule has 0 bridgehead atoms. The number of ether oxygens (including phenoxy) is 1. The van der Waals surface area contributed by atoms with Gasteiger partial charge in [-0.15, -0.1) is 6.42 Å². The lowest BCUT2D eigenvalue weighted by Gasteiger charge is -2.04. The smallest absolute Gasteiger partial charge is 0.194 e. The van der Waals surface area contributed by atoms with Crippen molar-refractivity contribution in [2.24, 2.45) is 0 Å². The van der Waals surface area contributed by atoms with E-state index in [0.29, 0.717) is 5.56 Å². The number of carbonyl (C=O) groups is 5. The third-order valence-corrected chi connectivity index (χ3v) is 7.81. The van der Waals surface area contributed by atoms with Gasteiger partial charge in [0, 0.05) is 27.8 Å². The Bertz CT molecular complexity index is 2280. The Morgan fingerprint density at radius 3 is 1.65 bits per heavy atom. The second-order valence-electron chi connectivity index (χ2n) is 11.0. The molecule has 0 fully saturated rings. The van der Waals surface area contributed by atoms with Crippen LogP contribution in [0.5, 0.6) is 5.75 Å². The van der Waals surface area contributed by atoms with Crippen LogP contribution in [0.15, 0.2) is 158 Å². The first kappa shape index (κ1) is 37.6. The molecule has 0 unspecified atom stereocenters. The van der Waals surface area contributed by atoms with E-state index >= 15 is 0 Å². The fourth-order valence-corrected chi connectivity index (χ4v) is 5.39. The monoisotopic (exact) mass is 682 g/mol. The Hall–Kier alpha value is -7.23. The van der Waals surface area contributed by atoms with Crippen LogP contribution >= 0.6 is 0 Å². The van der Waals surface area contributed by atoms with Crippen LogP contribution in [0.2, 0.25) is 0 Å². The minimum atomic E-state index is 0.149. The lowest BCUT2D eigenvalue weighted by molar-refractivity contribution is -0.0980. The predicted octanol–water partition coefficient (Wildman–Crippen LogP) is 9.53. The first-order valence-electron chi connectivity index (χ1n) is 16.1. The van der Waals surface area contributed by atoms with Crippen LogP contribution in [0.4, 0.5) is 0 Å². The van der Waals surface area contributed by atoms with Crippen molar-refractivity contribution in [3.8, 4) is 29.2 Å². The van der Waals surface area contributed by atoms with Crippen molar-refractivity contribution in [1.82, 2.24) is 0 Å². The van der Waals surface area contributed by atoms with Crippen molar-refractivity contribution in [1.29, 1.82) is 0 Å². The molecule has 0 amide bonds. The maximum absolute atomic E-state index is 11.9. The van der Waals surface area contributed by atoms with Gasteiger partial charge in [0.05, 0.1) is 0 Å². The van der Waals surface area contributed by atoms with Crippen LogP contribution < -0.4 is 4.74 Å². The largest absolute Gasteiger partial charge is 0.481 e. The van der Waals surface area contributed by atoms with Gasteiger partial charge in [-0.3, -0.25) is 19.2 Å². The molecule has 0 aromatic heterocycles. The van der Waals surface area contributed by atoms with E-state index in [1.807, 2.05) is 146 Å². The summed E-state index contributed by atoms with van der Waals surface area (Å²) in [6.07, 6.45) is 7.67. The van der Waals surface area contributed by atoms with E-state index in [0.717, 1.165) is 79.5 Å². The highest BCUT2D eigenvalue weighted by molar-refractivity contribution is 6.21. The van der Waals surface area contributed by atoms with E-state index in [2.05, 4.69) is 5.92 Å². The SMILES string of the molecule is C#CCOc1ccc2cc(C=O)ccc2c1.C=O.O=C1c2ccccc2-c2ccccc21.O=Cc1cccc2ccccc12.O=Cc1ccccc1. The third kappa shape index (κ3) is 9.69. The van der Waals surface area contributed by atoms with E-state index < -0.39 is 0 Å². The molecular weight excluding hydrogens is 649 g/mol. The van der Waals surface area contributed by atoms with Crippen LogP contribution in [-0.4, -0.2) is 38.0 Å². The molecule has 52 heavy (non-hydrogen) atoms. The maximum Gasteiger partial charge on any atom is 0.194 e. The Morgan fingerprint density at radius 2 is 1.06 bits per heavy atom. The summed E-state index contributed by atoms with van der Waals surface area (Å²) in [5, 5.41) is 4.18. The van der Waals surface area contributed by atoms with Crippen molar-refractivity contribution in [2.75, 3.05) is 6.61 Å². The van der Waals surface area contributed by atoms with Gasteiger partial charge in [-0.25, -0.2) is 0 Å². The fourth-order valence-electron chi connectivity index (χ4n) is 5.39. The van der Waals surface area contributed by atoms with Crippen LogP contribution in [0, 0.1) is 12.3 Å². The quantitative estimate of drug-likeness (QED) is 0.133. The lowest BCUT2D eigenvalue weighted by Crippen LogP contribution is -1.93. The zero-order chi connectivity index (χ0) is 37.1. The minimum absolute atomic E-state index is 0.149. The number of fused-ring (bicyclic) bond motifs is 5. The highest BCUT2D eigenvalue weighted by Gasteiger charge is 2.24. The summed E-state index contributed by atoms with van der Waals surface area (Å²) in [6.45, 7) is 2.26. The molecule has 254 valence electrons. The molecule has 6 heteroatoms. The van der Waals surface area contributed by atoms with Gasteiger partial charge < -0.3 is 9.53 Å². The predicted molar refractivity (Wildman–Crippen MR) is 207 cm³/mol. The number of terminal acetylenes is 1. The number of aldehydes is 3. The average molecular weight is 683 g/mol. The number of hydrogen-bond acceptors (Lipinski definition) is 6. The Labute approximate surface area is 302 Å². The highest BCUT2D eigenvalue weighted by Crippen LogP contribution is 2.35. The van der Waals surface area contributed by atoms with E-state index in [4.69, 9.17) is 16.0 Å². The van der Waals surface area contributed by atoms with Crippen molar-refractivity contribution < 1.29 is 28.7 Å². The third-order valence-electron chi connectivity index (χ3n) is 7.81. The first-order chi connectivity index (χ1) is 25.6. The van der Waals surface area contributed by atoms with E-state index in [1.54, 1.807) is 18.2 Å². The molecule has 1 aliphatic carbocycles. The highest BCUT2D eigenvalue weighted by atomic mass is 16.5. The normalized spacial score (nSPS) is 10.0. The van der Waals surface area contributed by atoms with Crippen molar-refractivity contribution in [3.05, 3.63) is 186 Å². The summed E-state index contributed by atoms with van der Waals surface area (Å²) in [4.78, 5) is 51.1. The average Bonchev–Trinajstić information content (AvgIpc) is 3.52. The lowest BCUT2D eigenvalue weighted by atomic mass is 10.1. The van der Waals surface area contributed by atoms with Gasteiger partial charge in [0.1, 0.15) is 31.7 Å².